The zero-order valence-electron chi connectivity index (χ0n) is 17.5. The second-order valence-electron chi connectivity index (χ2n) is 7.63. The summed E-state index contributed by atoms with van der Waals surface area (Å²) in [6.07, 6.45) is 16.2. The van der Waals surface area contributed by atoms with Crippen molar-refractivity contribution in [1.29, 1.82) is 0 Å². The van der Waals surface area contributed by atoms with E-state index < -0.39 is 0 Å². The lowest BCUT2D eigenvalue weighted by Gasteiger charge is -2.24. The minimum Gasteiger partial charge on any atom is -0.313 e. The summed E-state index contributed by atoms with van der Waals surface area (Å²) in [5.74, 6) is 0. The first-order valence-corrected chi connectivity index (χ1v) is 11.0. The quantitative estimate of drug-likeness (QED) is 0.206. The number of hydrogen-bond acceptors (Lipinski definition) is 2. The van der Waals surface area contributed by atoms with Crippen molar-refractivity contribution in [3.63, 3.8) is 0 Å². The van der Waals surface area contributed by atoms with Gasteiger partial charge < -0.3 is 5.21 Å². The van der Waals surface area contributed by atoms with Gasteiger partial charge in [0, 0.05) is 6.54 Å². The Hall–Kier alpha value is -1.90. The van der Waals surface area contributed by atoms with Crippen LogP contribution in [0.2, 0.25) is 0 Å². The maximum absolute atomic E-state index is 10.7. The summed E-state index contributed by atoms with van der Waals surface area (Å²) in [5.41, 5.74) is 2.23. The van der Waals surface area contributed by atoms with E-state index in [1.54, 1.807) is 0 Å². The molecule has 0 aliphatic carbocycles. The molecule has 2 aromatic carbocycles. The highest BCUT2D eigenvalue weighted by Crippen LogP contribution is 2.23. The van der Waals surface area contributed by atoms with Crippen LogP contribution >= 0.6 is 0 Å². The van der Waals surface area contributed by atoms with Crippen LogP contribution in [0.1, 0.15) is 81.9 Å². The van der Waals surface area contributed by atoms with Crippen LogP contribution in [0, 0.1) is 0 Å². The van der Waals surface area contributed by atoms with Crippen LogP contribution in [-0.2, 0) is 6.54 Å². The van der Waals surface area contributed by atoms with Gasteiger partial charge in [0.05, 0.1) is 6.04 Å². The SMILES string of the molecule is CCCCCCCCCC/C=C/C(c1ccccc1)N(O)Cc1ccccc1. The lowest BCUT2D eigenvalue weighted by Crippen LogP contribution is -2.23. The Labute approximate surface area is 171 Å². The topological polar surface area (TPSA) is 23.5 Å². The highest BCUT2D eigenvalue weighted by Gasteiger charge is 2.15. The van der Waals surface area contributed by atoms with Gasteiger partial charge in [-0.05, 0) is 24.0 Å². The van der Waals surface area contributed by atoms with Gasteiger partial charge >= 0.3 is 0 Å². The molecule has 0 aliphatic heterocycles. The van der Waals surface area contributed by atoms with Crippen LogP contribution in [0.15, 0.2) is 72.8 Å². The molecule has 0 radical (unpaired) electrons. The molecule has 0 fully saturated rings. The Morgan fingerprint density at radius 2 is 1.36 bits per heavy atom. The van der Waals surface area contributed by atoms with E-state index in [1.807, 2.05) is 36.4 Å². The Bertz CT molecular complexity index is 638. The van der Waals surface area contributed by atoms with Crippen molar-refractivity contribution in [3.05, 3.63) is 83.9 Å². The Morgan fingerprint density at radius 3 is 2.00 bits per heavy atom. The van der Waals surface area contributed by atoms with E-state index in [0.717, 1.165) is 17.5 Å². The second kappa shape index (κ2) is 14.1. The third-order valence-electron chi connectivity index (χ3n) is 5.19. The number of hydroxylamine groups is 2. The molecule has 0 bridgehead atoms. The van der Waals surface area contributed by atoms with Gasteiger partial charge in [0.2, 0.25) is 0 Å². The minimum absolute atomic E-state index is 0.115. The number of hydrogen-bond donors (Lipinski definition) is 1. The van der Waals surface area contributed by atoms with E-state index in [2.05, 4.69) is 43.3 Å². The molecule has 0 spiro atoms. The van der Waals surface area contributed by atoms with Crippen molar-refractivity contribution in [2.75, 3.05) is 0 Å². The highest BCUT2D eigenvalue weighted by atomic mass is 16.5. The Kier molecular flexibility index (Phi) is 11.3. The summed E-state index contributed by atoms with van der Waals surface area (Å²) >= 11 is 0. The van der Waals surface area contributed by atoms with Gasteiger partial charge in [0.1, 0.15) is 0 Å². The monoisotopic (exact) mass is 379 g/mol. The molecule has 0 aromatic heterocycles. The molecule has 0 aliphatic rings. The molecular weight excluding hydrogens is 342 g/mol. The van der Waals surface area contributed by atoms with E-state index in [1.165, 1.54) is 56.4 Å². The van der Waals surface area contributed by atoms with Gasteiger partial charge in [-0.3, -0.25) is 0 Å². The molecule has 0 saturated carbocycles. The minimum atomic E-state index is -0.115. The van der Waals surface area contributed by atoms with Gasteiger partial charge in [0.15, 0.2) is 0 Å². The summed E-state index contributed by atoms with van der Waals surface area (Å²) < 4.78 is 0. The molecule has 2 heteroatoms. The molecule has 1 unspecified atom stereocenters. The number of nitrogens with zero attached hydrogens (tertiary/aromatic N) is 1. The largest absolute Gasteiger partial charge is 0.313 e. The first-order chi connectivity index (χ1) is 13.8. The second-order valence-corrected chi connectivity index (χ2v) is 7.63. The number of unbranched alkanes of at least 4 members (excludes halogenated alkanes) is 8. The molecule has 28 heavy (non-hydrogen) atoms. The predicted molar refractivity (Wildman–Crippen MR) is 119 cm³/mol. The third-order valence-corrected chi connectivity index (χ3v) is 5.19. The van der Waals surface area contributed by atoms with Crippen molar-refractivity contribution in [2.24, 2.45) is 0 Å². The van der Waals surface area contributed by atoms with E-state index in [-0.39, 0.29) is 6.04 Å². The first kappa shape index (κ1) is 22.4. The summed E-state index contributed by atoms with van der Waals surface area (Å²) in [7, 11) is 0. The van der Waals surface area contributed by atoms with Crippen molar-refractivity contribution in [2.45, 2.75) is 77.3 Å². The lowest BCUT2D eigenvalue weighted by atomic mass is 10.0. The van der Waals surface area contributed by atoms with Crippen LogP contribution < -0.4 is 0 Å². The van der Waals surface area contributed by atoms with E-state index in [4.69, 9.17) is 0 Å². The van der Waals surface area contributed by atoms with E-state index in [0.29, 0.717) is 6.54 Å². The van der Waals surface area contributed by atoms with E-state index >= 15 is 0 Å². The summed E-state index contributed by atoms with van der Waals surface area (Å²) in [6.45, 7) is 2.78. The van der Waals surface area contributed by atoms with Gasteiger partial charge in [-0.15, -0.1) is 0 Å². The normalized spacial score (nSPS) is 12.7. The maximum Gasteiger partial charge on any atom is 0.0784 e. The third kappa shape index (κ3) is 8.86. The molecule has 152 valence electrons. The average Bonchev–Trinajstić information content (AvgIpc) is 2.73. The number of rotatable bonds is 14. The summed E-state index contributed by atoms with van der Waals surface area (Å²) in [4.78, 5) is 0. The first-order valence-electron chi connectivity index (χ1n) is 11.0. The van der Waals surface area contributed by atoms with Gasteiger partial charge in [-0.2, -0.15) is 5.06 Å². The predicted octanol–water partition coefficient (Wildman–Crippen LogP) is 7.71. The van der Waals surface area contributed by atoms with E-state index in [9.17, 15) is 5.21 Å². The molecule has 2 rings (SSSR count). The number of benzene rings is 2. The van der Waals surface area contributed by atoms with Crippen LogP contribution in [0.25, 0.3) is 0 Å². The molecular formula is C26H37NO. The average molecular weight is 380 g/mol. The fourth-order valence-electron chi connectivity index (χ4n) is 3.52. The smallest absolute Gasteiger partial charge is 0.0784 e. The van der Waals surface area contributed by atoms with Gasteiger partial charge in [-0.1, -0.05) is 125 Å². The Balaban J connectivity index is 1.80. The van der Waals surface area contributed by atoms with Crippen LogP contribution in [0.3, 0.4) is 0 Å². The molecule has 0 amide bonds. The molecule has 2 aromatic rings. The van der Waals surface area contributed by atoms with Crippen molar-refractivity contribution in [3.8, 4) is 0 Å². The summed E-state index contributed by atoms with van der Waals surface area (Å²) in [6, 6.07) is 20.3. The molecule has 0 heterocycles. The lowest BCUT2D eigenvalue weighted by molar-refractivity contribution is -0.123. The molecule has 1 N–H and O–H groups in total. The summed E-state index contributed by atoms with van der Waals surface area (Å²) in [5, 5.41) is 12.2. The van der Waals surface area contributed by atoms with Crippen LogP contribution in [0.5, 0.6) is 0 Å². The molecule has 2 nitrogen and oxygen atoms in total. The van der Waals surface area contributed by atoms with Crippen molar-refractivity contribution >= 4 is 0 Å². The standard InChI is InChI=1S/C26H37NO/c1-2-3-4-5-6-7-8-9-10-17-22-26(25-20-15-12-16-21-25)27(28)23-24-18-13-11-14-19-24/h11-22,26,28H,2-10,23H2,1H3/b22-17+. The van der Waals surface area contributed by atoms with Gasteiger partial charge in [0.25, 0.3) is 0 Å². The van der Waals surface area contributed by atoms with Crippen LogP contribution in [0.4, 0.5) is 0 Å². The fourth-order valence-corrected chi connectivity index (χ4v) is 3.52. The molecule has 1 atom stereocenters. The molecule has 0 saturated heterocycles. The fraction of sp³-hybridized carbons (Fsp3) is 0.462. The van der Waals surface area contributed by atoms with Crippen molar-refractivity contribution in [1.82, 2.24) is 5.06 Å². The van der Waals surface area contributed by atoms with Crippen molar-refractivity contribution < 1.29 is 5.21 Å². The maximum atomic E-state index is 10.7. The zero-order valence-corrected chi connectivity index (χ0v) is 17.5. The zero-order chi connectivity index (χ0) is 19.9. The Morgan fingerprint density at radius 1 is 0.786 bits per heavy atom. The highest BCUT2D eigenvalue weighted by molar-refractivity contribution is 5.23. The number of allylic oxidation sites excluding steroid dienone is 1. The van der Waals surface area contributed by atoms with Gasteiger partial charge in [-0.25, -0.2) is 0 Å². The van der Waals surface area contributed by atoms with Crippen LogP contribution in [-0.4, -0.2) is 10.3 Å².